The van der Waals surface area contributed by atoms with Crippen molar-refractivity contribution < 1.29 is 13.7 Å². The van der Waals surface area contributed by atoms with Gasteiger partial charge in [0, 0.05) is 12.5 Å². The molecule has 0 aromatic heterocycles. The average molecular weight is 228 g/mol. The van der Waals surface area contributed by atoms with E-state index in [0.29, 0.717) is 5.56 Å². The highest BCUT2D eigenvalue weighted by molar-refractivity contribution is 5.18. The summed E-state index contributed by atoms with van der Waals surface area (Å²) in [6.45, 7) is 3.33. The van der Waals surface area contributed by atoms with Crippen molar-refractivity contribution in [1.82, 2.24) is 5.32 Å². The molecule has 1 N–H and O–H groups in total. The first-order valence-corrected chi connectivity index (χ1v) is 4.52. The Morgan fingerprint density at radius 2 is 2.19 bits per heavy atom. The van der Waals surface area contributed by atoms with Gasteiger partial charge in [-0.05, 0) is 23.1 Å². The molecule has 1 aromatic carbocycles. The predicted octanol–water partition coefficient (Wildman–Crippen LogP) is 1.84. The maximum Gasteiger partial charge on any atom is 0.308 e. The van der Waals surface area contributed by atoms with Crippen LogP contribution in [0, 0.1) is 21.7 Å². The Kier molecular flexibility index (Phi) is 3.93. The van der Waals surface area contributed by atoms with Crippen LogP contribution >= 0.6 is 0 Å². The average Bonchev–Trinajstić information content (AvgIpc) is 2.20. The molecular formula is C10H10F2N2O2. The summed E-state index contributed by atoms with van der Waals surface area (Å²) in [6, 6.07) is 3.22. The Bertz CT molecular complexity index is 421. The molecule has 0 saturated heterocycles. The fourth-order valence-corrected chi connectivity index (χ4v) is 1.13. The fourth-order valence-electron chi connectivity index (χ4n) is 1.13. The number of rotatable bonds is 5. The summed E-state index contributed by atoms with van der Waals surface area (Å²) in [5, 5.41) is 12.6. The third-order valence-corrected chi connectivity index (χ3v) is 1.96. The van der Waals surface area contributed by atoms with Crippen LogP contribution in [0.1, 0.15) is 5.56 Å². The van der Waals surface area contributed by atoms with E-state index in [1.165, 1.54) is 6.07 Å². The van der Waals surface area contributed by atoms with Gasteiger partial charge in [-0.3, -0.25) is 5.32 Å². The summed E-state index contributed by atoms with van der Waals surface area (Å²) in [5.74, 6) is -1.65. The molecule has 16 heavy (non-hydrogen) atoms. The quantitative estimate of drug-likeness (QED) is 0.618. The topological polar surface area (TPSA) is 55.2 Å². The van der Waals surface area contributed by atoms with Crippen LogP contribution in [0.4, 0.5) is 8.78 Å². The van der Waals surface area contributed by atoms with Gasteiger partial charge in [0.25, 0.3) is 0 Å². The zero-order valence-electron chi connectivity index (χ0n) is 8.37. The standard InChI is InChI=1S/C10H10F2N2O2/c1-7(14(15)16)13-5-4-8-2-3-9(11)6-10(8)12/h2-3,6,13H,1,4-5H2. The second-order valence-corrected chi connectivity index (χ2v) is 3.12. The third-order valence-electron chi connectivity index (χ3n) is 1.96. The van der Waals surface area contributed by atoms with Gasteiger partial charge in [0.1, 0.15) is 11.6 Å². The lowest BCUT2D eigenvalue weighted by molar-refractivity contribution is -0.431. The minimum absolute atomic E-state index is 0.169. The van der Waals surface area contributed by atoms with Crippen LogP contribution in [0.15, 0.2) is 30.6 Å². The zero-order valence-corrected chi connectivity index (χ0v) is 8.37. The van der Waals surface area contributed by atoms with Crippen molar-refractivity contribution in [2.75, 3.05) is 6.54 Å². The Balaban J connectivity index is 2.49. The molecule has 0 amide bonds. The molecule has 0 spiro atoms. The summed E-state index contributed by atoms with van der Waals surface area (Å²) >= 11 is 0. The number of hydrogen-bond donors (Lipinski definition) is 1. The summed E-state index contributed by atoms with van der Waals surface area (Å²) in [7, 11) is 0. The van der Waals surface area contributed by atoms with E-state index in [9.17, 15) is 18.9 Å². The van der Waals surface area contributed by atoms with Crippen LogP contribution in [0.2, 0.25) is 0 Å². The Morgan fingerprint density at radius 3 is 2.75 bits per heavy atom. The van der Waals surface area contributed by atoms with Crippen molar-refractivity contribution in [3.05, 3.63) is 57.9 Å². The Morgan fingerprint density at radius 1 is 1.50 bits per heavy atom. The van der Waals surface area contributed by atoms with Gasteiger partial charge in [-0.25, -0.2) is 8.78 Å². The van der Waals surface area contributed by atoms with Crippen LogP contribution in [-0.4, -0.2) is 11.5 Å². The lowest BCUT2D eigenvalue weighted by Crippen LogP contribution is -2.21. The molecule has 0 bridgehead atoms. The highest BCUT2D eigenvalue weighted by Crippen LogP contribution is 2.09. The van der Waals surface area contributed by atoms with Crippen LogP contribution < -0.4 is 5.32 Å². The number of halogens is 2. The van der Waals surface area contributed by atoms with Crippen molar-refractivity contribution >= 4 is 0 Å². The van der Waals surface area contributed by atoms with E-state index >= 15 is 0 Å². The lowest BCUT2D eigenvalue weighted by Gasteiger charge is -2.03. The van der Waals surface area contributed by atoms with Gasteiger partial charge in [0.2, 0.25) is 0 Å². The van der Waals surface area contributed by atoms with Gasteiger partial charge in [0.05, 0.1) is 6.54 Å². The van der Waals surface area contributed by atoms with E-state index < -0.39 is 16.6 Å². The van der Waals surface area contributed by atoms with E-state index in [0.717, 1.165) is 12.1 Å². The SMILES string of the molecule is C=C(NCCc1ccc(F)cc1F)[N+](=O)[O-]. The molecule has 1 aromatic rings. The molecule has 0 radical (unpaired) electrons. The van der Waals surface area contributed by atoms with Crippen molar-refractivity contribution in [1.29, 1.82) is 0 Å². The molecular weight excluding hydrogens is 218 g/mol. The van der Waals surface area contributed by atoms with Crippen LogP contribution in [-0.2, 0) is 6.42 Å². The number of hydrogen-bond acceptors (Lipinski definition) is 3. The second kappa shape index (κ2) is 5.20. The molecule has 4 nitrogen and oxygen atoms in total. The largest absolute Gasteiger partial charge is 0.358 e. The van der Waals surface area contributed by atoms with Gasteiger partial charge in [-0.15, -0.1) is 0 Å². The van der Waals surface area contributed by atoms with E-state index in [1.807, 2.05) is 0 Å². The van der Waals surface area contributed by atoms with E-state index in [4.69, 9.17) is 0 Å². The minimum Gasteiger partial charge on any atom is -0.358 e. The summed E-state index contributed by atoms with van der Waals surface area (Å²) in [6.07, 6.45) is 0.221. The highest BCUT2D eigenvalue weighted by Gasteiger charge is 2.06. The minimum atomic E-state index is -0.666. The molecule has 6 heteroatoms. The molecule has 0 saturated carbocycles. The Hall–Kier alpha value is -1.98. The highest BCUT2D eigenvalue weighted by atomic mass is 19.1. The van der Waals surface area contributed by atoms with Gasteiger partial charge < -0.3 is 10.1 Å². The first kappa shape index (κ1) is 12.1. The second-order valence-electron chi connectivity index (χ2n) is 3.12. The van der Waals surface area contributed by atoms with Crippen LogP contribution in [0.3, 0.4) is 0 Å². The van der Waals surface area contributed by atoms with Crippen LogP contribution in [0.5, 0.6) is 0 Å². The lowest BCUT2D eigenvalue weighted by atomic mass is 10.1. The van der Waals surface area contributed by atoms with E-state index in [-0.39, 0.29) is 18.8 Å². The summed E-state index contributed by atoms with van der Waals surface area (Å²) in [5.41, 5.74) is 0.296. The number of nitrogens with one attached hydrogen (secondary N) is 1. The predicted molar refractivity (Wildman–Crippen MR) is 54.2 cm³/mol. The maximum atomic E-state index is 13.1. The summed E-state index contributed by atoms with van der Waals surface area (Å²) < 4.78 is 25.7. The maximum absolute atomic E-state index is 13.1. The first-order valence-electron chi connectivity index (χ1n) is 4.52. The first-order chi connectivity index (χ1) is 7.50. The smallest absolute Gasteiger partial charge is 0.308 e. The van der Waals surface area contributed by atoms with Gasteiger partial charge in [0.15, 0.2) is 0 Å². The summed E-state index contributed by atoms with van der Waals surface area (Å²) in [4.78, 5) is 9.51. The molecule has 0 aliphatic rings. The molecule has 0 aliphatic heterocycles. The van der Waals surface area contributed by atoms with Crippen molar-refractivity contribution in [2.24, 2.45) is 0 Å². The molecule has 0 unspecified atom stereocenters. The fraction of sp³-hybridized carbons (Fsp3) is 0.200. The molecule has 0 aliphatic carbocycles. The molecule has 1 rings (SSSR count). The Labute approximate surface area is 90.7 Å². The number of nitro groups is 1. The zero-order chi connectivity index (χ0) is 12.1. The van der Waals surface area contributed by atoms with E-state index in [2.05, 4.69) is 11.9 Å². The van der Waals surface area contributed by atoms with Crippen molar-refractivity contribution in [2.45, 2.75) is 6.42 Å². The number of benzene rings is 1. The van der Waals surface area contributed by atoms with Crippen molar-refractivity contribution in [3.8, 4) is 0 Å². The molecule has 0 fully saturated rings. The molecule has 0 heterocycles. The molecule has 0 atom stereocenters. The van der Waals surface area contributed by atoms with Crippen LogP contribution in [0.25, 0.3) is 0 Å². The van der Waals surface area contributed by atoms with Gasteiger partial charge in [-0.2, -0.15) is 0 Å². The van der Waals surface area contributed by atoms with Gasteiger partial charge >= 0.3 is 5.82 Å². The van der Waals surface area contributed by atoms with E-state index in [1.54, 1.807) is 0 Å². The number of nitrogens with zero attached hydrogens (tertiary/aromatic N) is 1. The third kappa shape index (κ3) is 3.30. The van der Waals surface area contributed by atoms with Gasteiger partial charge in [-0.1, -0.05) is 6.07 Å². The molecule has 86 valence electrons. The normalized spacial score (nSPS) is 9.88. The monoisotopic (exact) mass is 228 g/mol. The van der Waals surface area contributed by atoms with Crippen molar-refractivity contribution in [3.63, 3.8) is 0 Å².